The molecule has 2 rings (SSSR count). The maximum atomic E-state index is 13.7. The number of nitrogens with one attached hydrogen (secondary N) is 1. The van der Waals surface area contributed by atoms with Crippen LogP contribution in [0.1, 0.15) is 65.3 Å². The van der Waals surface area contributed by atoms with Gasteiger partial charge in [0, 0.05) is 36.9 Å². The Kier molecular flexibility index (Phi) is 14.3. The van der Waals surface area contributed by atoms with Gasteiger partial charge in [0.2, 0.25) is 5.91 Å². The monoisotopic (exact) mass is 854 g/mol. The Morgan fingerprint density at radius 1 is 1.03 bits per heavy atom. The Bertz CT molecular complexity index is 964. The summed E-state index contributed by atoms with van der Waals surface area (Å²) in [6, 6.07) is -0.668. The molecular weight excluding hydrogens is 817 g/mol. The van der Waals surface area contributed by atoms with Crippen LogP contribution in [-0.4, -0.2) is 89.7 Å². The van der Waals surface area contributed by atoms with Gasteiger partial charge in [-0.05, 0) is 125 Å². The molecule has 1 fully saturated rings. The van der Waals surface area contributed by atoms with Gasteiger partial charge in [-0.15, -0.1) is 0 Å². The number of amides is 3. The zero-order chi connectivity index (χ0) is 27.7. The van der Waals surface area contributed by atoms with E-state index in [0.29, 0.717) is 50.2 Å². The van der Waals surface area contributed by atoms with Crippen LogP contribution in [0.2, 0.25) is 0 Å². The zero-order valence-corrected chi connectivity index (χ0v) is 27.8. The number of aliphatic hydroxyl groups is 2. The van der Waals surface area contributed by atoms with Crippen molar-refractivity contribution >= 4 is 85.5 Å². The zero-order valence-electron chi connectivity index (χ0n) is 21.4. The number of halogens is 3. The number of hydrogen-bond acceptors (Lipinski definition) is 6. The second kappa shape index (κ2) is 16.1. The molecule has 5 N–H and O–H groups in total. The van der Waals surface area contributed by atoms with Crippen molar-refractivity contribution in [2.45, 2.75) is 52.0 Å². The SMILES string of the molecule is Cc1c(I)c(C(=O)NC(CCCCN)C(=O)N2CCC(C)CC2)c(I)c(C(=O)N(CCO)CCO)c1I. The van der Waals surface area contributed by atoms with Crippen LogP contribution in [0.3, 0.4) is 0 Å². The molecule has 0 bridgehead atoms. The number of nitrogens with zero attached hydrogens (tertiary/aromatic N) is 2. The van der Waals surface area contributed by atoms with E-state index < -0.39 is 11.9 Å². The molecule has 1 aliphatic heterocycles. The van der Waals surface area contributed by atoms with Crippen LogP contribution in [0.15, 0.2) is 0 Å². The molecule has 0 radical (unpaired) electrons. The highest BCUT2D eigenvalue weighted by Gasteiger charge is 2.32. The fourth-order valence-electron chi connectivity index (χ4n) is 4.32. The van der Waals surface area contributed by atoms with Gasteiger partial charge in [0.25, 0.3) is 11.8 Å². The average molecular weight is 854 g/mol. The molecule has 12 heteroatoms. The number of likely N-dealkylation sites (tertiary alicyclic amines) is 1. The predicted molar refractivity (Wildman–Crippen MR) is 169 cm³/mol. The number of aliphatic hydroxyl groups excluding tert-OH is 2. The van der Waals surface area contributed by atoms with Gasteiger partial charge in [0.1, 0.15) is 6.04 Å². The van der Waals surface area contributed by atoms with Crippen LogP contribution < -0.4 is 11.1 Å². The maximum Gasteiger partial charge on any atom is 0.256 e. The van der Waals surface area contributed by atoms with Gasteiger partial charge >= 0.3 is 0 Å². The number of piperidine rings is 1. The summed E-state index contributed by atoms with van der Waals surface area (Å²) >= 11 is 6.24. The summed E-state index contributed by atoms with van der Waals surface area (Å²) in [6.07, 6.45) is 3.88. The summed E-state index contributed by atoms with van der Waals surface area (Å²) in [5, 5.41) is 21.8. The molecule has 1 aromatic rings. The minimum atomic E-state index is -0.668. The van der Waals surface area contributed by atoms with Crippen molar-refractivity contribution in [1.29, 1.82) is 0 Å². The normalized spacial score (nSPS) is 15.0. The molecule has 0 spiro atoms. The number of unbranched alkanes of at least 4 members (excludes halogenated alkanes) is 1. The van der Waals surface area contributed by atoms with E-state index in [9.17, 15) is 24.6 Å². The molecular formula is C25H37I3N4O5. The summed E-state index contributed by atoms with van der Waals surface area (Å²) in [4.78, 5) is 43.8. The predicted octanol–water partition coefficient (Wildman–Crippen LogP) is 2.72. The van der Waals surface area contributed by atoms with Crippen LogP contribution in [0.25, 0.3) is 0 Å². The van der Waals surface area contributed by atoms with Crippen LogP contribution in [0.5, 0.6) is 0 Å². The summed E-state index contributed by atoms with van der Waals surface area (Å²) in [6.45, 7) is 5.60. The van der Waals surface area contributed by atoms with Crippen molar-refractivity contribution in [2.75, 3.05) is 45.9 Å². The van der Waals surface area contributed by atoms with Gasteiger partial charge in [-0.3, -0.25) is 14.4 Å². The molecule has 0 aliphatic carbocycles. The average Bonchev–Trinajstić information content (AvgIpc) is 2.87. The molecule has 1 aromatic carbocycles. The number of rotatable bonds is 12. The smallest absolute Gasteiger partial charge is 0.256 e. The van der Waals surface area contributed by atoms with Gasteiger partial charge in [-0.2, -0.15) is 0 Å². The van der Waals surface area contributed by atoms with E-state index in [2.05, 4.69) is 57.4 Å². The number of carbonyl (C=O) groups excluding carboxylic acids is 3. The molecule has 1 atom stereocenters. The lowest BCUT2D eigenvalue weighted by Crippen LogP contribution is -2.51. The van der Waals surface area contributed by atoms with Gasteiger partial charge in [0.15, 0.2) is 0 Å². The molecule has 1 aliphatic rings. The third kappa shape index (κ3) is 8.59. The molecule has 0 saturated carbocycles. The van der Waals surface area contributed by atoms with Crippen LogP contribution in [-0.2, 0) is 4.79 Å². The third-order valence-corrected chi connectivity index (χ3v) is 10.4. The highest BCUT2D eigenvalue weighted by atomic mass is 127. The maximum absolute atomic E-state index is 13.7. The largest absolute Gasteiger partial charge is 0.395 e. The lowest BCUT2D eigenvalue weighted by atomic mass is 9.97. The second-order valence-electron chi connectivity index (χ2n) is 9.37. The van der Waals surface area contributed by atoms with E-state index in [1.807, 2.05) is 34.4 Å². The molecule has 208 valence electrons. The van der Waals surface area contributed by atoms with Gasteiger partial charge in [-0.25, -0.2) is 0 Å². The summed E-state index contributed by atoms with van der Waals surface area (Å²) in [5.41, 5.74) is 7.19. The number of nitrogens with two attached hydrogens (primary N) is 1. The Morgan fingerprint density at radius 2 is 1.59 bits per heavy atom. The molecule has 1 heterocycles. The highest BCUT2D eigenvalue weighted by molar-refractivity contribution is 14.1. The first kappa shape index (κ1) is 32.9. The molecule has 37 heavy (non-hydrogen) atoms. The Hall–Kier alpha value is -0.300. The minimum Gasteiger partial charge on any atom is -0.395 e. The lowest BCUT2D eigenvalue weighted by molar-refractivity contribution is -0.134. The summed E-state index contributed by atoms with van der Waals surface area (Å²) in [7, 11) is 0. The van der Waals surface area contributed by atoms with Gasteiger partial charge in [0.05, 0.1) is 24.3 Å². The number of carbonyl (C=O) groups is 3. The minimum absolute atomic E-state index is 0.0714. The third-order valence-electron chi connectivity index (χ3n) is 6.65. The lowest BCUT2D eigenvalue weighted by Gasteiger charge is -2.33. The number of hydrogen-bond donors (Lipinski definition) is 4. The molecule has 1 unspecified atom stereocenters. The van der Waals surface area contributed by atoms with Crippen LogP contribution in [0.4, 0.5) is 0 Å². The fraction of sp³-hybridized carbons (Fsp3) is 0.640. The van der Waals surface area contributed by atoms with Crippen molar-refractivity contribution in [1.82, 2.24) is 15.1 Å². The standard InChI is InChI=1S/C25H37I3N4O5/c1-15-6-9-31(10-7-15)24(36)17(5-3-4-8-29)30-23(35)18-20(26)16(2)21(27)19(22(18)28)25(37)32(11-13-33)12-14-34/h15,17,33-34H,3-14,29H2,1-2H3,(H,30,35). The van der Waals surface area contributed by atoms with Crippen molar-refractivity contribution < 1.29 is 24.6 Å². The van der Waals surface area contributed by atoms with Gasteiger partial charge < -0.3 is 31.1 Å². The Labute approximate surface area is 260 Å². The van der Waals surface area contributed by atoms with E-state index in [-0.39, 0.29) is 38.1 Å². The summed E-state index contributed by atoms with van der Waals surface area (Å²) < 4.78 is 1.92. The fourth-order valence-corrected chi connectivity index (χ4v) is 8.44. The van der Waals surface area contributed by atoms with Crippen molar-refractivity contribution in [3.8, 4) is 0 Å². The van der Waals surface area contributed by atoms with E-state index in [4.69, 9.17) is 5.73 Å². The molecule has 3 amide bonds. The van der Waals surface area contributed by atoms with E-state index >= 15 is 0 Å². The Morgan fingerprint density at radius 3 is 2.14 bits per heavy atom. The molecule has 1 saturated heterocycles. The van der Waals surface area contributed by atoms with Crippen LogP contribution >= 0.6 is 67.8 Å². The topological polar surface area (TPSA) is 136 Å². The first-order valence-electron chi connectivity index (χ1n) is 12.6. The second-order valence-corrected chi connectivity index (χ2v) is 12.6. The Balaban J connectivity index is 2.42. The highest BCUT2D eigenvalue weighted by Crippen LogP contribution is 2.32. The van der Waals surface area contributed by atoms with Crippen LogP contribution in [0, 0.1) is 23.6 Å². The first-order chi connectivity index (χ1) is 17.6. The summed E-state index contributed by atoms with van der Waals surface area (Å²) in [5.74, 6) is -0.240. The van der Waals surface area contributed by atoms with E-state index in [0.717, 1.165) is 34.8 Å². The van der Waals surface area contributed by atoms with Gasteiger partial charge in [-0.1, -0.05) is 6.92 Å². The molecule has 0 aromatic heterocycles. The quantitative estimate of drug-likeness (QED) is 0.189. The molecule has 9 nitrogen and oxygen atoms in total. The first-order valence-corrected chi connectivity index (χ1v) is 15.8. The van der Waals surface area contributed by atoms with E-state index in [1.165, 1.54) is 4.90 Å². The van der Waals surface area contributed by atoms with Crippen molar-refractivity contribution in [3.63, 3.8) is 0 Å². The van der Waals surface area contributed by atoms with E-state index in [1.54, 1.807) is 0 Å². The number of benzene rings is 1. The van der Waals surface area contributed by atoms with Crippen molar-refractivity contribution in [2.24, 2.45) is 11.7 Å². The van der Waals surface area contributed by atoms with Crippen molar-refractivity contribution in [3.05, 3.63) is 27.4 Å².